The second kappa shape index (κ2) is 8.08. The molecule has 2 nitrogen and oxygen atoms in total. The molecule has 0 aromatic heterocycles. The van der Waals surface area contributed by atoms with Crippen LogP contribution in [0.4, 0.5) is 5.69 Å². The van der Waals surface area contributed by atoms with Gasteiger partial charge >= 0.3 is 0 Å². The first-order chi connectivity index (χ1) is 8.60. The maximum atomic E-state index is 3.57. The number of rotatable bonds is 7. The summed E-state index contributed by atoms with van der Waals surface area (Å²) in [5.41, 5.74) is 2.67. The molecule has 0 spiro atoms. The van der Waals surface area contributed by atoms with Crippen molar-refractivity contribution < 1.29 is 0 Å². The average Bonchev–Trinajstić information content (AvgIpc) is 2.36. The van der Waals surface area contributed by atoms with Crippen LogP contribution in [0, 0.1) is 0 Å². The van der Waals surface area contributed by atoms with Crippen molar-refractivity contribution in [3.8, 4) is 0 Å². The van der Waals surface area contributed by atoms with Crippen LogP contribution in [0.2, 0.25) is 0 Å². The van der Waals surface area contributed by atoms with E-state index in [1.54, 1.807) is 0 Å². The molecule has 0 aliphatic rings. The number of halogens is 1. The summed E-state index contributed by atoms with van der Waals surface area (Å²) in [5, 5.41) is 3.40. The van der Waals surface area contributed by atoms with E-state index in [4.69, 9.17) is 0 Å². The molecule has 18 heavy (non-hydrogen) atoms. The SMILES string of the molecule is CCNCc1ccc(Br)cc1N(C)C(C)CSC. The van der Waals surface area contributed by atoms with E-state index in [1.807, 2.05) is 11.8 Å². The first-order valence-electron chi connectivity index (χ1n) is 6.31. The highest BCUT2D eigenvalue weighted by molar-refractivity contribution is 9.10. The van der Waals surface area contributed by atoms with Gasteiger partial charge in [0.15, 0.2) is 0 Å². The van der Waals surface area contributed by atoms with Crippen molar-refractivity contribution in [2.45, 2.75) is 26.4 Å². The normalized spacial score (nSPS) is 12.5. The zero-order valence-electron chi connectivity index (χ0n) is 11.7. The minimum absolute atomic E-state index is 0.537. The average molecular weight is 331 g/mol. The second-order valence-corrected chi connectivity index (χ2v) is 6.29. The van der Waals surface area contributed by atoms with Crippen molar-refractivity contribution in [3.05, 3.63) is 28.2 Å². The van der Waals surface area contributed by atoms with Crippen LogP contribution in [0.25, 0.3) is 0 Å². The predicted molar refractivity (Wildman–Crippen MR) is 87.8 cm³/mol. The number of nitrogens with one attached hydrogen (secondary N) is 1. The lowest BCUT2D eigenvalue weighted by molar-refractivity contribution is 0.711. The molecule has 0 bridgehead atoms. The molecule has 1 atom stereocenters. The van der Waals surface area contributed by atoms with Crippen LogP contribution in [0.5, 0.6) is 0 Å². The quantitative estimate of drug-likeness (QED) is 0.819. The van der Waals surface area contributed by atoms with Gasteiger partial charge < -0.3 is 10.2 Å². The van der Waals surface area contributed by atoms with Crippen molar-refractivity contribution in [1.29, 1.82) is 0 Å². The Labute approximate surface area is 124 Å². The van der Waals surface area contributed by atoms with Crippen LogP contribution in [0.15, 0.2) is 22.7 Å². The van der Waals surface area contributed by atoms with E-state index < -0.39 is 0 Å². The molecular weight excluding hydrogens is 308 g/mol. The Morgan fingerprint density at radius 2 is 2.17 bits per heavy atom. The molecule has 102 valence electrons. The topological polar surface area (TPSA) is 15.3 Å². The van der Waals surface area contributed by atoms with Gasteiger partial charge in [-0.25, -0.2) is 0 Å². The highest BCUT2D eigenvalue weighted by atomic mass is 79.9. The van der Waals surface area contributed by atoms with Crippen LogP contribution in [0.1, 0.15) is 19.4 Å². The summed E-state index contributed by atoms with van der Waals surface area (Å²) in [7, 11) is 2.18. The lowest BCUT2D eigenvalue weighted by atomic mass is 10.1. The Hall–Kier alpha value is -0.190. The Kier molecular flexibility index (Phi) is 7.12. The molecule has 0 fully saturated rings. The fraction of sp³-hybridized carbons (Fsp3) is 0.571. The van der Waals surface area contributed by atoms with Crippen molar-refractivity contribution in [2.24, 2.45) is 0 Å². The number of hydrogen-bond acceptors (Lipinski definition) is 3. The van der Waals surface area contributed by atoms with Gasteiger partial charge in [0, 0.05) is 35.5 Å². The van der Waals surface area contributed by atoms with E-state index in [2.05, 4.69) is 71.5 Å². The molecule has 4 heteroatoms. The molecule has 0 heterocycles. The third kappa shape index (κ3) is 4.48. The summed E-state index contributed by atoms with van der Waals surface area (Å²) in [4.78, 5) is 2.37. The van der Waals surface area contributed by atoms with Crippen LogP contribution in [-0.2, 0) is 6.54 Å². The zero-order chi connectivity index (χ0) is 13.5. The molecule has 0 aliphatic heterocycles. The molecule has 1 aromatic rings. The maximum Gasteiger partial charge on any atom is 0.0423 e. The van der Waals surface area contributed by atoms with Gasteiger partial charge in [-0.3, -0.25) is 0 Å². The van der Waals surface area contributed by atoms with Crippen molar-refractivity contribution in [2.75, 3.05) is 30.5 Å². The first kappa shape index (κ1) is 15.9. The van der Waals surface area contributed by atoms with Gasteiger partial charge in [-0.1, -0.05) is 28.9 Å². The number of nitrogens with zero attached hydrogens (tertiary/aromatic N) is 1. The molecule has 1 aromatic carbocycles. The highest BCUT2D eigenvalue weighted by Gasteiger charge is 2.13. The smallest absolute Gasteiger partial charge is 0.0423 e. The molecule has 1 N–H and O–H groups in total. The lowest BCUT2D eigenvalue weighted by Crippen LogP contribution is -2.32. The van der Waals surface area contributed by atoms with Crippen LogP contribution < -0.4 is 10.2 Å². The van der Waals surface area contributed by atoms with E-state index in [-0.39, 0.29) is 0 Å². The fourth-order valence-corrected chi connectivity index (χ4v) is 2.92. The summed E-state index contributed by atoms with van der Waals surface area (Å²) in [6, 6.07) is 7.06. The molecule has 1 unspecified atom stereocenters. The van der Waals surface area contributed by atoms with Gasteiger partial charge in [-0.2, -0.15) is 11.8 Å². The zero-order valence-corrected chi connectivity index (χ0v) is 14.1. The molecule has 0 amide bonds. The van der Waals surface area contributed by atoms with E-state index in [1.165, 1.54) is 11.3 Å². The van der Waals surface area contributed by atoms with E-state index >= 15 is 0 Å². The van der Waals surface area contributed by atoms with Gasteiger partial charge in [0.05, 0.1) is 0 Å². The third-order valence-electron chi connectivity index (χ3n) is 3.06. The minimum atomic E-state index is 0.537. The largest absolute Gasteiger partial charge is 0.371 e. The van der Waals surface area contributed by atoms with Gasteiger partial charge in [0.1, 0.15) is 0 Å². The number of hydrogen-bond donors (Lipinski definition) is 1. The lowest BCUT2D eigenvalue weighted by Gasteiger charge is -2.29. The molecule has 0 saturated carbocycles. The van der Waals surface area contributed by atoms with Gasteiger partial charge in [0.2, 0.25) is 0 Å². The van der Waals surface area contributed by atoms with Crippen molar-refractivity contribution >= 4 is 33.4 Å². The summed E-state index contributed by atoms with van der Waals surface area (Å²) >= 11 is 5.46. The molecule has 1 rings (SSSR count). The Balaban J connectivity index is 2.92. The number of anilines is 1. The Morgan fingerprint density at radius 1 is 1.44 bits per heavy atom. The highest BCUT2D eigenvalue weighted by Crippen LogP contribution is 2.26. The third-order valence-corrected chi connectivity index (χ3v) is 4.37. The summed E-state index contributed by atoms with van der Waals surface area (Å²) in [5.74, 6) is 1.14. The Morgan fingerprint density at radius 3 is 2.78 bits per heavy atom. The number of benzene rings is 1. The standard InChI is InChI=1S/C14H23BrN2S/c1-5-16-9-12-6-7-13(15)8-14(12)17(3)11(2)10-18-4/h6-8,11,16H,5,9-10H2,1-4H3. The molecule has 0 aliphatic carbocycles. The number of thioether (sulfide) groups is 1. The van der Waals surface area contributed by atoms with Crippen LogP contribution in [0.3, 0.4) is 0 Å². The van der Waals surface area contributed by atoms with Crippen LogP contribution >= 0.6 is 27.7 Å². The molecule has 0 saturated heterocycles. The summed E-state index contributed by atoms with van der Waals surface area (Å²) in [6.45, 7) is 6.34. The Bertz CT molecular complexity index is 371. The van der Waals surface area contributed by atoms with Gasteiger partial charge in [-0.15, -0.1) is 0 Å². The minimum Gasteiger partial charge on any atom is -0.371 e. The van der Waals surface area contributed by atoms with Crippen LogP contribution in [-0.4, -0.2) is 31.6 Å². The second-order valence-electron chi connectivity index (χ2n) is 4.47. The van der Waals surface area contributed by atoms with E-state index in [9.17, 15) is 0 Å². The summed E-state index contributed by atoms with van der Waals surface area (Å²) in [6.07, 6.45) is 2.16. The van der Waals surface area contributed by atoms with E-state index in [0.29, 0.717) is 6.04 Å². The first-order valence-corrected chi connectivity index (χ1v) is 8.49. The van der Waals surface area contributed by atoms with Crippen molar-refractivity contribution in [3.63, 3.8) is 0 Å². The maximum absolute atomic E-state index is 3.57. The van der Waals surface area contributed by atoms with Gasteiger partial charge in [0.25, 0.3) is 0 Å². The van der Waals surface area contributed by atoms with E-state index in [0.717, 1.165) is 23.3 Å². The monoisotopic (exact) mass is 330 g/mol. The fourth-order valence-electron chi connectivity index (χ4n) is 1.86. The van der Waals surface area contributed by atoms with Gasteiger partial charge in [-0.05, 0) is 37.4 Å². The molecule has 0 radical (unpaired) electrons. The summed E-state index contributed by atoms with van der Waals surface area (Å²) < 4.78 is 1.14. The molecular formula is C14H23BrN2S. The van der Waals surface area contributed by atoms with Crippen molar-refractivity contribution in [1.82, 2.24) is 5.32 Å². The predicted octanol–water partition coefficient (Wildman–Crippen LogP) is 3.75.